The van der Waals surface area contributed by atoms with Crippen LogP contribution in [0.25, 0.3) is 0 Å². The molecule has 11 heteroatoms. The van der Waals surface area contributed by atoms with Crippen molar-refractivity contribution >= 4 is 27.5 Å². The van der Waals surface area contributed by atoms with Crippen molar-refractivity contribution < 1.29 is 31.9 Å². The molecular weight excluding hydrogens is 573 g/mol. The molecule has 0 radical (unpaired) electrons. The van der Waals surface area contributed by atoms with Gasteiger partial charge >= 0.3 is 0 Å². The molecule has 0 bridgehead atoms. The summed E-state index contributed by atoms with van der Waals surface area (Å²) in [7, 11) is -1.44. The van der Waals surface area contributed by atoms with Gasteiger partial charge in [-0.15, -0.1) is 0 Å². The molecule has 1 aliphatic carbocycles. The van der Waals surface area contributed by atoms with Crippen LogP contribution < -0.4 is 19.1 Å². The number of nitrogens with zero attached hydrogens (tertiary/aromatic N) is 2. The standard InChI is InChI=1S/C32H38FN3O6S/c1-22-9-15-27(16-10-22)36(43(39,40)28-17-18-29(41-3)30(19-28)42-4)21-31(37)35(20-24-11-13-25(33)14-12-24)23(2)32(38)34-26-7-5-6-8-26/h9-19,23,26H,5-8,20-21H2,1-4H3,(H,34,38)/t23-/m1/s1. The normalized spacial score (nSPS) is 14.2. The van der Waals surface area contributed by atoms with E-state index in [0.29, 0.717) is 11.3 Å². The summed E-state index contributed by atoms with van der Waals surface area (Å²) in [5, 5.41) is 3.03. The van der Waals surface area contributed by atoms with E-state index in [9.17, 15) is 22.4 Å². The van der Waals surface area contributed by atoms with Gasteiger partial charge in [0.15, 0.2) is 11.5 Å². The maximum absolute atomic E-state index is 14.1. The van der Waals surface area contributed by atoms with Crippen LogP contribution in [-0.4, -0.2) is 58.0 Å². The minimum absolute atomic E-state index is 0.0174. The lowest BCUT2D eigenvalue weighted by Crippen LogP contribution is -2.52. The molecule has 0 spiro atoms. The Bertz CT molecular complexity index is 1520. The lowest BCUT2D eigenvalue weighted by molar-refractivity contribution is -0.139. The fraction of sp³-hybridized carbons (Fsp3) is 0.375. The van der Waals surface area contributed by atoms with Crippen LogP contribution in [0.15, 0.2) is 71.6 Å². The molecule has 4 rings (SSSR count). The number of hydrogen-bond donors (Lipinski definition) is 1. The van der Waals surface area contributed by atoms with E-state index in [-0.39, 0.29) is 34.8 Å². The molecule has 0 aliphatic heterocycles. The molecule has 2 amide bonds. The highest BCUT2D eigenvalue weighted by Crippen LogP contribution is 2.32. The number of anilines is 1. The van der Waals surface area contributed by atoms with Crippen LogP contribution in [0.4, 0.5) is 10.1 Å². The molecule has 230 valence electrons. The number of nitrogens with one attached hydrogen (secondary N) is 1. The molecule has 1 N–H and O–H groups in total. The molecule has 1 fully saturated rings. The summed E-state index contributed by atoms with van der Waals surface area (Å²) >= 11 is 0. The molecule has 0 saturated heterocycles. The first kappa shape index (κ1) is 31.8. The van der Waals surface area contributed by atoms with E-state index in [1.54, 1.807) is 31.2 Å². The minimum Gasteiger partial charge on any atom is -0.493 e. The van der Waals surface area contributed by atoms with E-state index in [1.807, 2.05) is 6.92 Å². The summed E-state index contributed by atoms with van der Waals surface area (Å²) in [6.07, 6.45) is 3.79. The van der Waals surface area contributed by atoms with Crippen LogP contribution >= 0.6 is 0 Å². The van der Waals surface area contributed by atoms with Gasteiger partial charge in [0.2, 0.25) is 11.8 Å². The summed E-state index contributed by atoms with van der Waals surface area (Å²) in [5.74, 6) is -0.781. The third-order valence-corrected chi connectivity index (χ3v) is 9.45. The Morgan fingerprint density at radius 2 is 1.58 bits per heavy atom. The average Bonchev–Trinajstić information content (AvgIpc) is 3.52. The van der Waals surface area contributed by atoms with Gasteiger partial charge in [-0.3, -0.25) is 13.9 Å². The van der Waals surface area contributed by atoms with E-state index in [4.69, 9.17) is 9.47 Å². The molecule has 0 aromatic heterocycles. The predicted octanol–water partition coefficient (Wildman–Crippen LogP) is 4.82. The van der Waals surface area contributed by atoms with Crippen molar-refractivity contribution in [3.05, 3.63) is 83.7 Å². The quantitative estimate of drug-likeness (QED) is 0.315. The van der Waals surface area contributed by atoms with Crippen molar-refractivity contribution in [2.75, 3.05) is 25.1 Å². The number of ether oxygens (including phenoxy) is 2. The second-order valence-electron chi connectivity index (χ2n) is 10.7. The lowest BCUT2D eigenvalue weighted by Gasteiger charge is -2.32. The van der Waals surface area contributed by atoms with Gasteiger partial charge < -0.3 is 19.7 Å². The molecule has 3 aromatic rings. The number of rotatable bonds is 12. The Kier molecular flexibility index (Phi) is 10.3. The zero-order valence-corrected chi connectivity index (χ0v) is 25.7. The molecule has 0 heterocycles. The number of carbonyl (C=O) groups excluding carboxylic acids is 2. The van der Waals surface area contributed by atoms with Crippen LogP contribution in [0.5, 0.6) is 11.5 Å². The number of benzene rings is 3. The smallest absolute Gasteiger partial charge is 0.264 e. The highest BCUT2D eigenvalue weighted by atomic mass is 32.2. The molecule has 1 saturated carbocycles. The van der Waals surface area contributed by atoms with Crippen LogP contribution in [-0.2, 0) is 26.2 Å². The maximum Gasteiger partial charge on any atom is 0.264 e. The second kappa shape index (κ2) is 13.9. The van der Waals surface area contributed by atoms with Crippen LogP contribution in [0.1, 0.15) is 43.7 Å². The minimum atomic E-state index is -4.30. The number of halogens is 1. The van der Waals surface area contributed by atoms with Gasteiger partial charge in [0.25, 0.3) is 10.0 Å². The van der Waals surface area contributed by atoms with E-state index >= 15 is 0 Å². The molecule has 0 unspecified atom stereocenters. The van der Waals surface area contributed by atoms with Crippen LogP contribution in [0.2, 0.25) is 0 Å². The predicted molar refractivity (Wildman–Crippen MR) is 162 cm³/mol. The molecule has 43 heavy (non-hydrogen) atoms. The summed E-state index contributed by atoms with van der Waals surface area (Å²) in [6, 6.07) is 15.7. The third kappa shape index (κ3) is 7.64. The van der Waals surface area contributed by atoms with Gasteiger partial charge in [-0.25, -0.2) is 12.8 Å². The zero-order valence-electron chi connectivity index (χ0n) is 24.9. The topological polar surface area (TPSA) is 105 Å². The zero-order chi connectivity index (χ0) is 31.1. The summed E-state index contributed by atoms with van der Waals surface area (Å²) in [4.78, 5) is 28.6. The molecule has 9 nitrogen and oxygen atoms in total. The number of carbonyl (C=O) groups is 2. The van der Waals surface area contributed by atoms with Gasteiger partial charge in [-0.2, -0.15) is 0 Å². The first-order valence-electron chi connectivity index (χ1n) is 14.2. The fourth-order valence-electron chi connectivity index (χ4n) is 5.11. The van der Waals surface area contributed by atoms with Crippen molar-refractivity contribution in [2.24, 2.45) is 0 Å². The SMILES string of the molecule is COc1ccc(S(=O)(=O)N(CC(=O)N(Cc2ccc(F)cc2)[C@H](C)C(=O)NC2CCCC2)c2ccc(C)cc2)cc1OC. The number of hydrogen-bond acceptors (Lipinski definition) is 6. The third-order valence-electron chi connectivity index (χ3n) is 7.68. The van der Waals surface area contributed by atoms with E-state index < -0.39 is 34.3 Å². The van der Waals surface area contributed by atoms with Gasteiger partial charge in [-0.1, -0.05) is 42.7 Å². The van der Waals surface area contributed by atoms with E-state index in [2.05, 4.69) is 5.32 Å². The van der Waals surface area contributed by atoms with E-state index in [0.717, 1.165) is 35.6 Å². The highest BCUT2D eigenvalue weighted by Gasteiger charge is 2.33. The number of sulfonamides is 1. The molecular formula is C32H38FN3O6S. The average molecular weight is 612 g/mol. The lowest BCUT2D eigenvalue weighted by atomic mass is 10.1. The van der Waals surface area contributed by atoms with Crippen molar-refractivity contribution in [1.82, 2.24) is 10.2 Å². The summed E-state index contributed by atoms with van der Waals surface area (Å²) in [6.45, 7) is 2.89. The van der Waals surface area contributed by atoms with Gasteiger partial charge in [0, 0.05) is 18.7 Å². The van der Waals surface area contributed by atoms with Crippen molar-refractivity contribution in [2.45, 2.75) is 63.1 Å². The second-order valence-corrected chi connectivity index (χ2v) is 12.5. The summed E-state index contributed by atoms with van der Waals surface area (Å²) < 4.78 is 53.5. The first-order valence-corrected chi connectivity index (χ1v) is 15.6. The van der Waals surface area contributed by atoms with E-state index in [1.165, 1.54) is 61.6 Å². The van der Waals surface area contributed by atoms with Crippen molar-refractivity contribution in [3.63, 3.8) is 0 Å². The number of methoxy groups -OCH3 is 2. The van der Waals surface area contributed by atoms with Crippen molar-refractivity contribution in [1.29, 1.82) is 0 Å². The largest absolute Gasteiger partial charge is 0.493 e. The highest BCUT2D eigenvalue weighted by molar-refractivity contribution is 7.92. The Balaban J connectivity index is 1.71. The number of aryl methyl sites for hydroxylation is 1. The van der Waals surface area contributed by atoms with Gasteiger partial charge in [0.1, 0.15) is 18.4 Å². The van der Waals surface area contributed by atoms with Crippen molar-refractivity contribution in [3.8, 4) is 11.5 Å². The summed E-state index contributed by atoms with van der Waals surface area (Å²) in [5.41, 5.74) is 1.78. The van der Waals surface area contributed by atoms with Gasteiger partial charge in [0.05, 0.1) is 24.8 Å². The Morgan fingerprint density at radius 1 is 0.953 bits per heavy atom. The number of amides is 2. The monoisotopic (exact) mass is 611 g/mol. The Morgan fingerprint density at radius 3 is 2.19 bits per heavy atom. The molecule has 1 atom stereocenters. The Labute approximate surface area is 252 Å². The van der Waals surface area contributed by atoms with Crippen LogP contribution in [0.3, 0.4) is 0 Å². The van der Waals surface area contributed by atoms with Gasteiger partial charge in [-0.05, 0) is 68.7 Å². The Hall–Kier alpha value is -4.12. The van der Waals surface area contributed by atoms with Crippen LogP contribution in [0, 0.1) is 12.7 Å². The first-order chi connectivity index (χ1) is 20.5. The maximum atomic E-state index is 14.1. The molecule has 1 aliphatic rings. The molecule has 3 aromatic carbocycles. The fourth-order valence-corrected chi connectivity index (χ4v) is 6.54.